The summed E-state index contributed by atoms with van der Waals surface area (Å²) in [6.07, 6.45) is 10.9. The quantitative estimate of drug-likeness (QED) is 0.209. The maximum absolute atomic E-state index is 14.4. The van der Waals surface area contributed by atoms with Gasteiger partial charge in [0.1, 0.15) is 29.6 Å². The van der Waals surface area contributed by atoms with E-state index in [-0.39, 0.29) is 30.4 Å². The maximum atomic E-state index is 14.4. The van der Waals surface area contributed by atoms with E-state index in [1.807, 2.05) is 43.9 Å². The fourth-order valence-electron chi connectivity index (χ4n) is 7.32. The number of ether oxygens (including phenoxy) is 2. The van der Waals surface area contributed by atoms with Gasteiger partial charge < -0.3 is 23.9 Å². The molecule has 2 amide bonds. The van der Waals surface area contributed by atoms with Crippen LogP contribution < -0.4 is 9.64 Å². The topological polar surface area (TPSA) is 131 Å². The molecule has 3 heterocycles. The van der Waals surface area contributed by atoms with E-state index in [4.69, 9.17) is 28.8 Å². The molecule has 3 fully saturated rings. The molecule has 6 rings (SSSR count). The first-order valence-electron chi connectivity index (χ1n) is 18.4. The summed E-state index contributed by atoms with van der Waals surface area (Å²) in [7, 11) is 3.32. The summed E-state index contributed by atoms with van der Waals surface area (Å²) < 4.78 is 17.0. The summed E-state index contributed by atoms with van der Waals surface area (Å²) in [5, 5.41) is 10.2. The van der Waals surface area contributed by atoms with Crippen LogP contribution in [-0.2, 0) is 9.53 Å². The van der Waals surface area contributed by atoms with Crippen LogP contribution in [0.25, 0.3) is 11.3 Å². The van der Waals surface area contributed by atoms with Crippen LogP contribution >= 0.6 is 0 Å². The summed E-state index contributed by atoms with van der Waals surface area (Å²) >= 11 is 0. The lowest BCUT2D eigenvalue weighted by atomic mass is 9.79. The second-order valence-electron chi connectivity index (χ2n) is 15.0. The van der Waals surface area contributed by atoms with E-state index in [9.17, 15) is 14.7 Å². The van der Waals surface area contributed by atoms with Crippen LogP contribution in [0.1, 0.15) is 107 Å². The number of hydrogen-bond donors (Lipinski definition) is 1. The summed E-state index contributed by atoms with van der Waals surface area (Å²) in [5.74, 6) is 3.30. The van der Waals surface area contributed by atoms with Gasteiger partial charge in [0.15, 0.2) is 5.89 Å². The summed E-state index contributed by atoms with van der Waals surface area (Å²) in [5.41, 5.74) is 3.67. The average Bonchev–Trinajstić information content (AvgIpc) is 3.86. The second-order valence-corrected chi connectivity index (χ2v) is 15.0. The Morgan fingerprint density at radius 1 is 0.980 bits per heavy atom. The van der Waals surface area contributed by atoms with Crippen molar-refractivity contribution < 1.29 is 28.6 Å². The molecule has 1 unspecified atom stereocenters. The molecule has 0 bridgehead atoms. The van der Waals surface area contributed by atoms with Crippen molar-refractivity contribution in [1.82, 2.24) is 19.9 Å². The largest absolute Gasteiger partial charge is 0.495 e. The number of anilines is 1. The van der Waals surface area contributed by atoms with Crippen molar-refractivity contribution in [2.24, 2.45) is 17.8 Å². The third-order valence-electron chi connectivity index (χ3n) is 10.9. The van der Waals surface area contributed by atoms with Gasteiger partial charge >= 0.3 is 6.09 Å². The van der Waals surface area contributed by atoms with Crippen molar-refractivity contribution >= 4 is 17.8 Å². The number of nitrogens with zero attached hydrogens (tertiary/aromatic N) is 5. The lowest BCUT2D eigenvalue weighted by molar-refractivity contribution is -0.124. The lowest BCUT2D eigenvalue weighted by Crippen LogP contribution is -2.43. The highest BCUT2D eigenvalue weighted by Gasteiger charge is 2.35. The van der Waals surface area contributed by atoms with E-state index in [1.54, 1.807) is 26.6 Å². The molecule has 1 atom stereocenters. The SMILES string of the molecule is COc1ccc(C2CCC(CN(c3cc(-c4coc(C5CC5)n4)ccn3)C(=O)[C@H]3CC[C@H](OC(=O)N(C)CC(O)C(C)C)CC3)CC2)nc1C. The molecule has 3 aromatic heterocycles. The molecule has 0 aliphatic heterocycles. The number of aliphatic hydroxyl groups excluding tert-OH is 1. The van der Waals surface area contributed by atoms with E-state index in [1.165, 1.54) is 4.90 Å². The van der Waals surface area contributed by atoms with Crippen LogP contribution in [0.2, 0.25) is 0 Å². The molecule has 270 valence electrons. The summed E-state index contributed by atoms with van der Waals surface area (Å²) in [6, 6.07) is 7.99. The Morgan fingerprint density at radius 3 is 2.36 bits per heavy atom. The minimum Gasteiger partial charge on any atom is -0.495 e. The van der Waals surface area contributed by atoms with E-state index in [2.05, 4.69) is 6.07 Å². The Kier molecular flexibility index (Phi) is 11.4. The molecular weight excluding hydrogens is 634 g/mol. The smallest absolute Gasteiger partial charge is 0.409 e. The minimum atomic E-state index is -0.609. The first-order chi connectivity index (χ1) is 24.1. The highest BCUT2D eigenvalue weighted by molar-refractivity contribution is 5.94. The van der Waals surface area contributed by atoms with Crippen molar-refractivity contribution in [3.8, 4) is 17.0 Å². The van der Waals surface area contributed by atoms with Gasteiger partial charge in [0.05, 0.1) is 18.9 Å². The van der Waals surface area contributed by atoms with Crippen LogP contribution in [0, 0.1) is 24.7 Å². The van der Waals surface area contributed by atoms with Crippen molar-refractivity contribution in [3.63, 3.8) is 0 Å². The van der Waals surface area contributed by atoms with Crippen LogP contribution in [0.15, 0.2) is 41.1 Å². The van der Waals surface area contributed by atoms with Crippen molar-refractivity contribution in [2.75, 3.05) is 32.1 Å². The number of carbonyl (C=O) groups is 2. The number of aromatic nitrogens is 3. The van der Waals surface area contributed by atoms with Crippen LogP contribution in [-0.4, -0.2) is 76.4 Å². The molecule has 0 spiro atoms. The molecule has 3 aliphatic carbocycles. The van der Waals surface area contributed by atoms with Crippen molar-refractivity contribution in [2.45, 2.75) is 109 Å². The monoisotopic (exact) mass is 687 g/mol. The van der Waals surface area contributed by atoms with Crippen LogP contribution in [0.4, 0.5) is 10.6 Å². The number of methoxy groups -OCH3 is 1. The number of hydrogen-bond acceptors (Lipinski definition) is 9. The van der Waals surface area contributed by atoms with Gasteiger partial charge in [0.25, 0.3) is 0 Å². The van der Waals surface area contributed by atoms with Crippen LogP contribution in [0.3, 0.4) is 0 Å². The Labute approximate surface area is 295 Å². The number of oxazole rings is 1. The second kappa shape index (κ2) is 15.9. The highest BCUT2D eigenvalue weighted by atomic mass is 16.6. The van der Waals surface area contributed by atoms with E-state index in [0.29, 0.717) is 55.8 Å². The summed E-state index contributed by atoms with van der Waals surface area (Å²) in [6.45, 7) is 6.64. The molecule has 3 saturated carbocycles. The van der Waals surface area contributed by atoms with Crippen molar-refractivity contribution in [1.29, 1.82) is 0 Å². The van der Waals surface area contributed by atoms with E-state index >= 15 is 0 Å². The highest BCUT2D eigenvalue weighted by Crippen LogP contribution is 2.41. The maximum Gasteiger partial charge on any atom is 0.409 e. The Bertz CT molecular complexity index is 1610. The number of carbonyl (C=O) groups excluding carboxylic acids is 2. The van der Waals surface area contributed by atoms with Gasteiger partial charge in [-0.15, -0.1) is 0 Å². The Balaban J connectivity index is 1.13. The fraction of sp³-hybridized carbons (Fsp3) is 0.615. The molecule has 0 saturated heterocycles. The fourth-order valence-corrected chi connectivity index (χ4v) is 7.32. The standard InChI is InChI=1S/C39H53N5O6/c1-24(2)34(45)22-43(4)39(47)50-31-14-12-29(13-15-31)38(46)44(36-20-30(18-19-40-36)33-23-49-37(42-33)28-10-11-28)21-26-6-8-27(9-7-26)32-16-17-35(48-5)25(3)41-32/h16-20,23-24,26-29,31,34,45H,6-15,21-22H2,1-5H3/t26?,27?,29-,31-,34?. The van der Waals surface area contributed by atoms with Crippen molar-refractivity contribution in [3.05, 3.63) is 54.0 Å². The number of amides is 2. The molecule has 50 heavy (non-hydrogen) atoms. The molecule has 11 heteroatoms. The zero-order chi connectivity index (χ0) is 35.4. The molecule has 11 nitrogen and oxygen atoms in total. The van der Waals surface area contributed by atoms with Gasteiger partial charge in [-0.25, -0.2) is 14.8 Å². The predicted molar refractivity (Wildman–Crippen MR) is 190 cm³/mol. The number of aliphatic hydroxyl groups is 1. The average molecular weight is 688 g/mol. The normalized spacial score (nSPS) is 22.9. The number of rotatable bonds is 12. The van der Waals surface area contributed by atoms with Crippen LogP contribution in [0.5, 0.6) is 5.75 Å². The van der Waals surface area contributed by atoms with Gasteiger partial charge in [0.2, 0.25) is 5.91 Å². The molecule has 1 N–H and O–H groups in total. The van der Waals surface area contributed by atoms with E-state index < -0.39 is 12.2 Å². The van der Waals surface area contributed by atoms with Gasteiger partial charge in [-0.1, -0.05) is 13.8 Å². The van der Waals surface area contributed by atoms with Gasteiger partial charge in [0, 0.05) is 55.3 Å². The summed E-state index contributed by atoms with van der Waals surface area (Å²) in [4.78, 5) is 44.8. The third-order valence-corrected chi connectivity index (χ3v) is 10.9. The third kappa shape index (κ3) is 8.65. The number of pyridine rings is 2. The number of aryl methyl sites for hydroxylation is 1. The molecule has 0 radical (unpaired) electrons. The molecule has 3 aliphatic rings. The zero-order valence-corrected chi connectivity index (χ0v) is 30.2. The Morgan fingerprint density at radius 2 is 1.70 bits per heavy atom. The Hall–Kier alpha value is -3.99. The van der Waals surface area contributed by atoms with E-state index in [0.717, 1.165) is 72.8 Å². The molecule has 0 aromatic carbocycles. The number of likely N-dealkylation sites (N-methyl/N-ethyl adjacent to an activating group) is 1. The minimum absolute atomic E-state index is 0.0470. The molecular formula is C39H53N5O6. The predicted octanol–water partition coefficient (Wildman–Crippen LogP) is 7.28. The lowest BCUT2D eigenvalue weighted by Gasteiger charge is -2.35. The van der Waals surface area contributed by atoms with Gasteiger partial charge in [-0.3, -0.25) is 14.7 Å². The first-order valence-corrected chi connectivity index (χ1v) is 18.4. The van der Waals surface area contributed by atoms with Gasteiger partial charge in [-0.05, 0) is 107 Å². The van der Waals surface area contributed by atoms with Gasteiger partial charge in [-0.2, -0.15) is 0 Å². The zero-order valence-electron chi connectivity index (χ0n) is 30.2. The molecule has 3 aromatic rings. The first kappa shape index (κ1) is 35.8.